The smallest absolute Gasteiger partial charge is 0.118 e. The number of rotatable bonds is 10. The first-order valence-corrected chi connectivity index (χ1v) is 10.8. The second-order valence-corrected chi connectivity index (χ2v) is 7.86. The normalized spacial score (nSPS) is 11.2. The van der Waals surface area contributed by atoms with Gasteiger partial charge in [0.25, 0.3) is 0 Å². The van der Waals surface area contributed by atoms with E-state index in [4.69, 9.17) is 14.2 Å². The van der Waals surface area contributed by atoms with E-state index in [1.54, 1.807) is 21.3 Å². The van der Waals surface area contributed by atoms with E-state index in [1.807, 2.05) is 0 Å². The quantitative estimate of drug-likeness (QED) is 0.372. The van der Waals surface area contributed by atoms with Gasteiger partial charge in [0.2, 0.25) is 0 Å². The maximum Gasteiger partial charge on any atom is 0.118 e. The minimum Gasteiger partial charge on any atom is -0.497 e. The van der Waals surface area contributed by atoms with Gasteiger partial charge in [-0.25, -0.2) is 0 Å². The SMILES string of the molecule is CCCCC[B-](c1ccc(OC)cc1)(c1ccc(OC)cc1)c1ccc(OC)cc1. The molecule has 30 heavy (non-hydrogen) atoms. The molecule has 3 aromatic rings. The minimum atomic E-state index is -1.15. The molecule has 3 aromatic carbocycles. The van der Waals surface area contributed by atoms with E-state index >= 15 is 0 Å². The Labute approximate surface area is 180 Å². The summed E-state index contributed by atoms with van der Waals surface area (Å²) in [5, 5.41) is 0. The van der Waals surface area contributed by atoms with Crippen LogP contribution in [0.4, 0.5) is 0 Å². The largest absolute Gasteiger partial charge is 0.497 e. The van der Waals surface area contributed by atoms with Crippen molar-refractivity contribution in [3.63, 3.8) is 0 Å². The zero-order valence-corrected chi connectivity index (χ0v) is 18.6. The second kappa shape index (κ2) is 10.2. The van der Waals surface area contributed by atoms with E-state index in [1.165, 1.54) is 35.7 Å². The highest BCUT2D eigenvalue weighted by atomic mass is 16.5. The molecule has 0 aromatic heterocycles. The molecule has 0 atom stereocenters. The second-order valence-electron chi connectivity index (χ2n) is 7.86. The van der Waals surface area contributed by atoms with Crippen molar-refractivity contribution >= 4 is 22.5 Å². The summed E-state index contributed by atoms with van der Waals surface area (Å²) in [6, 6.07) is 25.7. The van der Waals surface area contributed by atoms with Gasteiger partial charge in [-0.15, -0.1) is 0 Å². The van der Waals surface area contributed by atoms with Crippen molar-refractivity contribution in [2.45, 2.75) is 32.5 Å². The molecule has 0 aliphatic carbocycles. The van der Waals surface area contributed by atoms with E-state index in [-0.39, 0.29) is 0 Å². The molecular weight excluding hydrogens is 371 g/mol. The third-order valence-electron chi connectivity index (χ3n) is 6.30. The average Bonchev–Trinajstić information content (AvgIpc) is 2.82. The van der Waals surface area contributed by atoms with Crippen molar-refractivity contribution in [2.24, 2.45) is 0 Å². The summed E-state index contributed by atoms with van der Waals surface area (Å²) in [7, 11) is 5.13. The summed E-state index contributed by atoms with van der Waals surface area (Å²) >= 11 is 0. The fourth-order valence-corrected chi connectivity index (χ4v) is 4.58. The van der Waals surface area contributed by atoms with Crippen LogP contribution in [0.25, 0.3) is 0 Å². The van der Waals surface area contributed by atoms with Crippen LogP contribution in [0.15, 0.2) is 72.8 Å². The van der Waals surface area contributed by atoms with Crippen LogP contribution < -0.4 is 30.6 Å². The first-order chi connectivity index (χ1) is 14.7. The molecule has 0 spiro atoms. The molecule has 0 saturated carbocycles. The van der Waals surface area contributed by atoms with Gasteiger partial charge < -0.3 is 14.2 Å². The summed E-state index contributed by atoms with van der Waals surface area (Å²) < 4.78 is 16.3. The van der Waals surface area contributed by atoms with Crippen molar-refractivity contribution in [1.29, 1.82) is 0 Å². The van der Waals surface area contributed by atoms with Crippen molar-refractivity contribution in [2.75, 3.05) is 21.3 Å². The van der Waals surface area contributed by atoms with Gasteiger partial charge in [0.1, 0.15) is 17.2 Å². The Balaban J connectivity index is 2.21. The molecule has 0 amide bonds. The van der Waals surface area contributed by atoms with E-state index in [9.17, 15) is 0 Å². The van der Waals surface area contributed by atoms with E-state index < -0.39 is 6.15 Å². The Morgan fingerprint density at radius 2 is 0.867 bits per heavy atom. The highest BCUT2D eigenvalue weighted by Gasteiger charge is 2.29. The Hall–Kier alpha value is -2.88. The van der Waals surface area contributed by atoms with Gasteiger partial charge in [0.15, 0.2) is 0 Å². The first kappa shape index (κ1) is 21.8. The number of methoxy groups -OCH3 is 3. The van der Waals surface area contributed by atoms with Gasteiger partial charge >= 0.3 is 0 Å². The molecule has 0 aliphatic rings. The number of unbranched alkanes of at least 4 members (excludes halogenated alkanes) is 2. The Morgan fingerprint density at radius 3 is 1.13 bits per heavy atom. The lowest BCUT2D eigenvalue weighted by Crippen LogP contribution is -2.66. The van der Waals surface area contributed by atoms with E-state index in [0.29, 0.717) is 0 Å². The first-order valence-electron chi connectivity index (χ1n) is 10.8. The molecule has 4 heteroatoms. The highest BCUT2D eigenvalue weighted by Crippen LogP contribution is 2.21. The highest BCUT2D eigenvalue weighted by molar-refractivity contribution is 7.11. The average molecular weight is 403 g/mol. The summed E-state index contributed by atoms with van der Waals surface area (Å²) in [6.07, 6.45) is 3.51. The third kappa shape index (κ3) is 4.48. The van der Waals surface area contributed by atoms with Gasteiger partial charge in [0, 0.05) is 0 Å². The monoisotopic (exact) mass is 403 g/mol. The lowest BCUT2D eigenvalue weighted by atomic mass is 9.14. The van der Waals surface area contributed by atoms with Gasteiger partial charge in [-0.3, -0.25) is 0 Å². The summed E-state index contributed by atoms with van der Waals surface area (Å²) in [5.74, 6) is 2.63. The third-order valence-corrected chi connectivity index (χ3v) is 6.30. The lowest BCUT2D eigenvalue weighted by Gasteiger charge is -2.43. The van der Waals surface area contributed by atoms with Gasteiger partial charge in [-0.1, -0.05) is 62.6 Å². The Morgan fingerprint density at radius 1 is 0.533 bits per heavy atom. The number of hydrogen-bond acceptors (Lipinski definition) is 3. The summed E-state index contributed by atoms with van der Waals surface area (Å²) in [5.41, 5.74) is 3.96. The summed E-state index contributed by atoms with van der Waals surface area (Å²) in [4.78, 5) is 0. The Kier molecular flexibility index (Phi) is 7.45. The van der Waals surface area contributed by atoms with Crippen LogP contribution in [0.1, 0.15) is 26.2 Å². The molecule has 3 rings (SSSR count). The molecule has 0 heterocycles. The van der Waals surface area contributed by atoms with Crippen molar-refractivity contribution in [1.82, 2.24) is 0 Å². The summed E-state index contributed by atoms with van der Waals surface area (Å²) in [6.45, 7) is 2.25. The number of benzene rings is 3. The van der Waals surface area contributed by atoms with Crippen LogP contribution in [-0.4, -0.2) is 27.5 Å². The zero-order valence-electron chi connectivity index (χ0n) is 18.6. The number of hydrogen-bond donors (Lipinski definition) is 0. The predicted molar refractivity (Wildman–Crippen MR) is 128 cm³/mol. The fourth-order valence-electron chi connectivity index (χ4n) is 4.58. The topological polar surface area (TPSA) is 27.7 Å². The van der Waals surface area contributed by atoms with Crippen LogP contribution in [-0.2, 0) is 0 Å². The molecule has 158 valence electrons. The molecule has 0 fully saturated rings. The van der Waals surface area contributed by atoms with Crippen molar-refractivity contribution in [3.8, 4) is 17.2 Å². The van der Waals surface area contributed by atoms with Crippen LogP contribution in [0.5, 0.6) is 17.2 Å². The fraction of sp³-hybridized carbons (Fsp3) is 0.308. The molecular formula is C26H32BO3-. The van der Waals surface area contributed by atoms with Gasteiger partial charge in [-0.2, -0.15) is 22.7 Å². The van der Waals surface area contributed by atoms with Crippen LogP contribution in [0, 0.1) is 0 Å². The molecule has 0 unspecified atom stereocenters. The molecule has 3 nitrogen and oxygen atoms in total. The van der Waals surface area contributed by atoms with E-state index in [0.717, 1.165) is 23.6 Å². The minimum absolute atomic E-state index is 0.876. The molecule has 0 N–H and O–H groups in total. The van der Waals surface area contributed by atoms with E-state index in [2.05, 4.69) is 79.7 Å². The maximum atomic E-state index is 5.43. The Bertz CT molecular complexity index is 787. The molecule has 0 radical (unpaired) electrons. The molecule has 0 bridgehead atoms. The van der Waals surface area contributed by atoms with Crippen LogP contribution >= 0.6 is 0 Å². The van der Waals surface area contributed by atoms with Crippen molar-refractivity contribution < 1.29 is 14.2 Å². The van der Waals surface area contributed by atoms with Crippen LogP contribution in [0.2, 0.25) is 6.32 Å². The molecule has 0 saturated heterocycles. The van der Waals surface area contributed by atoms with Gasteiger partial charge in [0.05, 0.1) is 27.5 Å². The molecule has 0 aliphatic heterocycles. The standard InChI is InChI=1S/C26H32BO3/c1-5-6-7-20-27(21-8-14-24(28-2)15-9-21,22-10-16-25(29-3)17-11-22)23-12-18-26(30-4)19-13-23/h8-19H,5-7,20H2,1-4H3/q-1. The van der Waals surface area contributed by atoms with Gasteiger partial charge in [-0.05, 0) is 36.4 Å². The predicted octanol–water partition coefficient (Wildman–Crippen LogP) is 4.37. The lowest BCUT2D eigenvalue weighted by molar-refractivity contribution is 0.415. The number of ether oxygens (including phenoxy) is 3. The zero-order chi connectivity index (χ0) is 21.4. The van der Waals surface area contributed by atoms with Crippen LogP contribution in [0.3, 0.4) is 0 Å². The maximum absolute atomic E-state index is 5.43. The van der Waals surface area contributed by atoms with Crippen molar-refractivity contribution in [3.05, 3.63) is 72.8 Å².